The van der Waals surface area contributed by atoms with Crippen molar-refractivity contribution >= 4 is 50.5 Å². The molecule has 0 aliphatic rings. The van der Waals surface area contributed by atoms with Crippen LogP contribution in [0.2, 0.25) is 15.1 Å². The number of hydrogen-bond acceptors (Lipinski definition) is 2. The maximum Gasteiger partial charge on any atom is 0.261 e. The first-order chi connectivity index (χ1) is 9.28. The molecular weight excluding hydrogens is 341 g/mol. The van der Waals surface area contributed by atoms with Crippen LogP contribution in [0, 0.1) is 6.92 Å². The predicted octanol–water partition coefficient (Wildman–Crippen LogP) is 4.76. The number of sulfonamides is 1. The Balaban J connectivity index is 2.37. The summed E-state index contributed by atoms with van der Waals surface area (Å²) in [6, 6.07) is 8.95. The molecule has 0 bridgehead atoms. The number of benzene rings is 2. The molecule has 3 nitrogen and oxygen atoms in total. The van der Waals surface area contributed by atoms with Gasteiger partial charge in [0, 0.05) is 15.1 Å². The van der Waals surface area contributed by atoms with Gasteiger partial charge in [0.2, 0.25) is 0 Å². The van der Waals surface area contributed by atoms with Gasteiger partial charge < -0.3 is 0 Å². The molecule has 0 saturated heterocycles. The van der Waals surface area contributed by atoms with Gasteiger partial charge in [0.05, 0.1) is 10.6 Å². The highest BCUT2D eigenvalue weighted by Gasteiger charge is 2.15. The summed E-state index contributed by atoms with van der Waals surface area (Å²) in [6.45, 7) is 1.73. The highest BCUT2D eigenvalue weighted by Crippen LogP contribution is 2.26. The lowest BCUT2D eigenvalue weighted by atomic mass is 10.2. The maximum absolute atomic E-state index is 12.2. The molecule has 0 heterocycles. The molecule has 0 unspecified atom stereocenters. The van der Waals surface area contributed by atoms with Crippen LogP contribution in [0.15, 0.2) is 41.3 Å². The lowest BCUT2D eigenvalue weighted by molar-refractivity contribution is 0.601. The van der Waals surface area contributed by atoms with Gasteiger partial charge in [-0.3, -0.25) is 4.72 Å². The van der Waals surface area contributed by atoms with Gasteiger partial charge in [-0.25, -0.2) is 8.42 Å². The quantitative estimate of drug-likeness (QED) is 0.867. The average molecular weight is 351 g/mol. The van der Waals surface area contributed by atoms with Crippen molar-refractivity contribution in [1.82, 2.24) is 0 Å². The van der Waals surface area contributed by atoms with Crippen molar-refractivity contribution in [3.05, 3.63) is 57.0 Å². The molecule has 0 amide bonds. The van der Waals surface area contributed by atoms with Crippen molar-refractivity contribution in [1.29, 1.82) is 0 Å². The second kappa shape index (κ2) is 5.82. The zero-order chi connectivity index (χ0) is 14.9. The van der Waals surface area contributed by atoms with E-state index in [4.69, 9.17) is 34.8 Å². The normalized spacial score (nSPS) is 11.4. The molecule has 0 saturated carbocycles. The lowest BCUT2D eigenvalue weighted by Crippen LogP contribution is -2.13. The summed E-state index contributed by atoms with van der Waals surface area (Å²) < 4.78 is 26.9. The van der Waals surface area contributed by atoms with E-state index >= 15 is 0 Å². The second-order valence-electron chi connectivity index (χ2n) is 4.17. The molecule has 2 aromatic carbocycles. The maximum atomic E-state index is 12.2. The van der Waals surface area contributed by atoms with E-state index in [-0.39, 0.29) is 4.90 Å². The molecule has 0 aromatic heterocycles. The first-order valence-electron chi connectivity index (χ1n) is 5.53. The Hall–Kier alpha value is -0.940. The molecule has 0 spiro atoms. The smallest absolute Gasteiger partial charge is 0.261 e. The number of nitrogens with one attached hydrogen (secondary N) is 1. The molecule has 106 valence electrons. The number of rotatable bonds is 3. The van der Waals surface area contributed by atoms with Crippen LogP contribution in [-0.2, 0) is 10.0 Å². The average Bonchev–Trinajstić information content (AvgIpc) is 2.30. The topological polar surface area (TPSA) is 46.2 Å². The van der Waals surface area contributed by atoms with Gasteiger partial charge in [-0.2, -0.15) is 0 Å². The van der Waals surface area contributed by atoms with Crippen molar-refractivity contribution in [2.75, 3.05) is 4.72 Å². The first-order valence-corrected chi connectivity index (χ1v) is 8.15. The van der Waals surface area contributed by atoms with Crippen LogP contribution in [0.4, 0.5) is 5.69 Å². The molecule has 0 atom stereocenters. The fraction of sp³-hybridized carbons (Fsp3) is 0.0769. The molecule has 0 aliphatic carbocycles. The summed E-state index contributed by atoms with van der Waals surface area (Å²) in [5.74, 6) is 0. The molecule has 0 radical (unpaired) electrons. The van der Waals surface area contributed by atoms with E-state index in [2.05, 4.69) is 4.72 Å². The number of halogens is 3. The summed E-state index contributed by atoms with van der Waals surface area (Å²) in [5.41, 5.74) is 0.980. The number of anilines is 1. The Morgan fingerprint density at radius 1 is 0.950 bits per heavy atom. The van der Waals surface area contributed by atoms with Crippen molar-refractivity contribution in [3.8, 4) is 0 Å². The minimum atomic E-state index is -3.71. The number of hydrogen-bond donors (Lipinski definition) is 1. The van der Waals surface area contributed by atoms with Crippen molar-refractivity contribution in [3.63, 3.8) is 0 Å². The molecule has 0 fully saturated rings. The van der Waals surface area contributed by atoms with Crippen LogP contribution < -0.4 is 4.72 Å². The monoisotopic (exact) mass is 349 g/mol. The minimum Gasteiger partial charge on any atom is -0.280 e. The molecule has 2 aromatic rings. The third-order valence-corrected chi connectivity index (χ3v) is 4.79. The molecule has 1 N–H and O–H groups in total. The minimum absolute atomic E-state index is 0.121. The molecular formula is C13H10Cl3NO2S. The highest BCUT2D eigenvalue weighted by molar-refractivity contribution is 7.92. The largest absolute Gasteiger partial charge is 0.280 e. The second-order valence-corrected chi connectivity index (χ2v) is 7.14. The van der Waals surface area contributed by atoms with Crippen LogP contribution in [0.25, 0.3) is 0 Å². The van der Waals surface area contributed by atoms with Crippen LogP contribution >= 0.6 is 34.8 Å². The van der Waals surface area contributed by atoms with E-state index in [0.717, 1.165) is 0 Å². The molecule has 2 rings (SSSR count). The van der Waals surface area contributed by atoms with E-state index < -0.39 is 10.0 Å². The van der Waals surface area contributed by atoms with Gasteiger partial charge in [0.1, 0.15) is 0 Å². The van der Waals surface area contributed by atoms with E-state index in [9.17, 15) is 8.42 Å². The Kier molecular flexibility index (Phi) is 4.49. The first kappa shape index (κ1) is 15.4. The van der Waals surface area contributed by atoms with E-state index in [1.54, 1.807) is 6.92 Å². The Bertz CT molecular complexity index is 740. The van der Waals surface area contributed by atoms with E-state index in [0.29, 0.717) is 26.3 Å². The molecule has 20 heavy (non-hydrogen) atoms. The van der Waals surface area contributed by atoms with Crippen molar-refractivity contribution < 1.29 is 8.42 Å². The zero-order valence-corrected chi connectivity index (χ0v) is 13.4. The Morgan fingerprint density at radius 2 is 1.55 bits per heavy atom. The van der Waals surface area contributed by atoms with Crippen LogP contribution in [0.3, 0.4) is 0 Å². The summed E-state index contributed by atoms with van der Waals surface area (Å²) in [5, 5.41) is 1.21. The fourth-order valence-electron chi connectivity index (χ4n) is 1.61. The van der Waals surface area contributed by atoms with Crippen LogP contribution in [-0.4, -0.2) is 8.42 Å². The highest BCUT2D eigenvalue weighted by atomic mass is 35.5. The Labute approximate surface area is 132 Å². The van der Waals surface area contributed by atoms with Gasteiger partial charge in [0.15, 0.2) is 0 Å². The Morgan fingerprint density at radius 3 is 2.10 bits per heavy atom. The summed E-state index contributed by atoms with van der Waals surface area (Å²) in [6.07, 6.45) is 0. The summed E-state index contributed by atoms with van der Waals surface area (Å²) in [7, 11) is -3.71. The third-order valence-electron chi connectivity index (χ3n) is 2.55. The standard InChI is InChI=1S/C13H10Cl3NO2S/c1-8-4-12(2-3-13(8)16)20(18,19)17-11-6-9(14)5-10(15)7-11/h2-7,17H,1H3. The van der Waals surface area contributed by atoms with Gasteiger partial charge >= 0.3 is 0 Å². The fourth-order valence-corrected chi connectivity index (χ4v) is 3.38. The van der Waals surface area contributed by atoms with E-state index in [1.807, 2.05) is 0 Å². The van der Waals surface area contributed by atoms with Crippen molar-refractivity contribution in [2.24, 2.45) is 0 Å². The predicted molar refractivity (Wildman–Crippen MR) is 83.5 cm³/mol. The van der Waals surface area contributed by atoms with Gasteiger partial charge in [-0.15, -0.1) is 0 Å². The molecule has 0 aliphatic heterocycles. The molecule has 7 heteroatoms. The van der Waals surface area contributed by atoms with Crippen LogP contribution in [0.5, 0.6) is 0 Å². The number of aryl methyl sites for hydroxylation is 1. The zero-order valence-electron chi connectivity index (χ0n) is 10.3. The SMILES string of the molecule is Cc1cc(S(=O)(=O)Nc2cc(Cl)cc(Cl)c2)ccc1Cl. The van der Waals surface area contributed by atoms with Crippen LogP contribution in [0.1, 0.15) is 5.56 Å². The van der Waals surface area contributed by atoms with Gasteiger partial charge in [-0.1, -0.05) is 34.8 Å². The third kappa shape index (κ3) is 3.58. The lowest BCUT2D eigenvalue weighted by Gasteiger charge is -2.10. The summed E-state index contributed by atoms with van der Waals surface area (Å²) >= 11 is 17.6. The van der Waals surface area contributed by atoms with Crippen molar-refractivity contribution in [2.45, 2.75) is 11.8 Å². The summed E-state index contributed by atoms with van der Waals surface area (Å²) in [4.78, 5) is 0.121. The van der Waals surface area contributed by atoms with E-state index in [1.165, 1.54) is 36.4 Å². The van der Waals surface area contributed by atoms with Gasteiger partial charge in [0.25, 0.3) is 10.0 Å². The van der Waals surface area contributed by atoms with Gasteiger partial charge in [-0.05, 0) is 48.9 Å².